The van der Waals surface area contributed by atoms with Crippen LogP contribution in [0.15, 0.2) is 52.1 Å². The fourth-order valence-corrected chi connectivity index (χ4v) is 5.76. The van der Waals surface area contributed by atoms with Gasteiger partial charge in [0, 0.05) is 46.2 Å². The second-order valence-electron chi connectivity index (χ2n) is 7.38. The Balaban J connectivity index is 1.35. The molecule has 1 fully saturated rings. The minimum atomic E-state index is -3.46. The van der Waals surface area contributed by atoms with E-state index in [1.807, 2.05) is 18.2 Å². The molecule has 1 aromatic carbocycles. The summed E-state index contributed by atoms with van der Waals surface area (Å²) in [6, 6.07) is 13.6. The fraction of sp³-hybridized carbons (Fsp3) is 0.476. The summed E-state index contributed by atoms with van der Waals surface area (Å²) in [6.07, 6.45) is 0.719. The van der Waals surface area contributed by atoms with Gasteiger partial charge in [0.1, 0.15) is 4.21 Å². The Hall–Kier alpha value is -1.78. The number of benzene rings is 1. The second kappa shape index (κ2) is 11.0. The Bertz CT molecular complexity index is 888. The van der Waals surface area contributed by atoms with Crippen LogP contribution in [-0.2, 0) is 26.1 Å². The van der Waals surface area contributed by atoms with Gasteiger partial charge in [0.2, 0.25) is 5.91 Å². The molecule has 30 heavy (non-hydrogen) atoms. The van der Waals surface area contributed by atoms with Crippen molar-refractivity contribution in [2.24, 2.45) is 0 Å². The third kappa shape index (κ3) is 6.61. The summed E-state index contributed by atoms with van der Waals surface area (Å²) in [5.41, 5.74) is 1.27. The number of thiophene rings is 1. The first kappa shape index (κ1) is 22.9. The van der Waals surface area contributed by atoms with Crippen LogP contribution >= 0.6 is 11.3 Å². The first-order valence-corrected chi connectivity index (χ1v) is 12.4. The van der Waals surface area contributed by atoms with E-state index in [-0.39, 0.29) is 18.4 Å². The zero-order valence-corrected chi connectivity index (χ0v) is 18.8. The lowest BCUT2D eigenvalue weighted by Gasteiger charge is -2.33. The van der Waals surface area contributed by atoms with Gasteiger partial charge in [-0.2, -0.15) is 0 Å². The van der Waals surface area contributed by atoms with Gasteiger partial charge in [-0.05, 0) is 23.4 Å². The van der Waals surface area contributed by atoms with Gasteiger partial charge in [0.05, 0.1) is 12.7 Å². The van der Waals surface area contributed by atoms with Crippen LogP contribution < -0.4 is 5.32 Å². The standard InChI is InChI=1S/C21H29N3O4S2/c1-23(30(26,27)21-10-6-14-29-21)11-5-9-20(25)22-15-19-17-24(12-13-28-19)16-18-7-3-2-4-8-18/h2-4,6-8,10,14,19H,5,9,11-13,15-17H2,1H3,(H,22,25)/t19-/m0/s1. The molecule has 9 heteroatoms. The molecule has 1 aliphatic heterocycles. The van der Waals surface area contributed by atoms with Crippen molar-refractivity contribution in [2.45, 2.75) is 29.7 Å². The van der Waals surface area contributed by atoms with E-state index in [9.17, 15) is 13.2 Å². The van der Waals surface area contributed by atoms with Crippen LogP contribution in [0.5, 0.6) is 0 Å². The maximum absolute atomic E-state index is 12.4. The monoisotopic (exact) mass is 451 g/mol. The lowest BCUT2D eigenvalue weighted by Crippen LogP contribution is -2.47. The van der Waals surface area contributed by atoms with E-state index in [1.54, 1.807) is 24.6 Å². The fourth-order valence-electron chi connectivity index (χ4n) is 3.35. The zero-order chi connectivity index (χ0) is 21.4. The van der Waals surface area contributed by atoms with E-state index in [4.69, 9.17) is 4.74 Å². The van der Waals surface area contributed by atoms with Crippen LogP contribution in [0.3, 0.4) is 0 Å². The molecular formula is C21H29N3O4S2. The van der Waals surface area contributed by atoms with E-state index >= 15 is 0 Å². The van der Waals surface area contributed by atoms with Crippen LogP contribution in [0.25, 0.3) is 0 Å². The van der Waals surface area contributed by atoms with Gasteiger partial charge in [-0.3, -0.25) is 9.69 Å². The SMILES string of the molecule is CN(CCCC(=O)NC[C@H]1CN(Cc2ccccc2)CCO1)S(=O)(=O)c1cccs1. The van der Waals surface area contributed by atoms with Gasteiger partial charge in [0.25, 0.3) is 10.0 Å². The molecule has 1 aromatic heterocycles. The van der Waals surface area contributed by atoms with Gasteiger partial charge in [-0.25, -0.2) is 12.7 Å². The Morgan fingerprint density at radius 3 is 2.80 bits per heavy atom. The van der Waals surface area contributed by atoms with Crippen molar-refractivity contribution in [1.82, 2.24) is 14.5 Å². The quantitative estimate of drug-likeness (QED) is 0.599. The van der Waals surface area contributed by atoms with Crippen molar-refractivity contribution in [2.75, 3.05) is 39.8 Å². The van der Waals surface area contributed by atoms with Crippen LogP contribution in [0.1, 0.15) is 18.4 Å². The van der Waals surface area contributed by atoms with E-state index in [0.29, 0.717) is 30.3 Å². The van der Waals surface area contributed by atoms with Crippen molar-refractivity contribution in [3.05, 3.63) is 53.4 Å². The average molecular weight is 452 g/mol. The lowest BCUT2D eigenvalue weighted by atomic mass is 10.2. The molecule has 1 saturated heterocycles. The first-order valence-electron chi connectivity index (χ1n) is 10.1. The van der Waals surface area contributed by atoms with Crippen molar-refractivity contribution in [1.29, 1.82) is 0 Å². The van der Waals surface area contributed by atoms with Crippen LogP contribution in [0.4, 0.5) is 0 Å². The smallest absolute Gasteiger partial charge is 0.252 e. The highest BCUT2D eigenvalue weighted by molar-refractivity contribution is 7.91. The number of rotatable bonds is 10. The summed E-state index contributed by atoms with van der Waals surface area (Å²) in [7, 11) is -1.91. The number of morpholine rings is 1. The highest BCUT2D eigenvalue weighted by atomic mass is 32.2. The highest BCUT2D eigenvalue weighted by Crippen LogP contribution is 2.20. The van der Waals surface area contributed by atoms with Crippen LogP contribution in [0, 0.1) is 0 Å². The summed E-state index contributed by atoms with van der Waals surface area (Å²) >= 11 is 1.20. The number of hydrogen-bond acceptors (Lipinski definition) is 6. The van der Waals surface area contributed by atoms with Crippen LogP contribution in [-0.4, -0.2) is 69.5 Å². The number of sulfonamides is 1. The van der Waals surface area contributed by atoms with E-state index in [0.717, 1.165) is 19.6 Å². The molecule has 2 heterocycles. The van der Waals surface area contributed by atoms with E-state index in [2.05, 4.69) is 22.3 Å². The Morgan fingerprint density at radius 1 is 1.27 bits per heavy atom. The summed E-state index contributed by atoms with van der Waals surface area (Å²) in [6.45, 7) is 3.95. The number of nitrogens with zero attached hydrogens (tertiary/aromatic N) is 2. The molecule has 0 spiro atoms. The molecule has 164 valence electrons. The Labute approximate surface area is 182 Å². The molecule has 0 bridgehead atoms. The largest absolute Gasteiger partial charge is 0.374 e. The molecule has 7 nitrogen and oxygen atoms in total. The summed E-state index contributed by atoms with van der Waals surface area (Å²) < 4.78 is 32.2. The molecule has 0 radical (unpaired) electrons. The van der Waals surface area contributed by atoms with Gasteiger partial charge in [-0.15, -0.1) is 11.3 Å². The molecule has 1 atom stereocenters. The third-order valence-electron chi connectivity index (χ3n) is 5.04. The minimum absolute atomic E-state index is 0.0340. The third-order valence-corrected chi connectivity index (χ3v) is 8.27. The predicted molar refractivity (Wildman–Crippen MR) is 118 cm³/mol. The lowest BCUT2D eigenvalue weighted by molar-refractivity contribution is -0.122. The maximum Gasteiger partial charge on any atom is 0.252 e. The summed E-state index contributed by atoms with van der Waals surface area (Å²) in [4.78, 5) is 14.5. The topological polar surface area (TPSA) is 79.0 Å². The molecule has 1 N–H and O–H groups in total. The second-order valence-corrected chi connectivity index (χ2v) is 10.6. The number of nitrogens with one attached hydrogen (secondary N) is 1. The predicted octanol–water partition coefficient (Wildman–Crippen LogP) is 2.17. The first-order chi connectivity index (χ1) is 14.4. The van der Waals surface area contributed by atoms with Gasteiger partial charge >= 0.3 is 0 Å². The number of amides is 1. The molecule has 0 aliphatic carbocycles. The number of carbonyl (C=O) groups excluding carboxylic acids is 1. The van der Waals surface area contributed by atoms with Gasteiger partial charge in [0.15, 0.2) is 0 Å². The molecular weight excluding hydrogens is 422 g/mol. The molecule has 0 saturated carbocycles. The highest BCUT2D eigenvalue weighted by Gasteiger charge is 2.23. The van der Waals surface area contributed by atoms with Crippen molar-refractivity contribution >= 4 is 27.3 Å². The molecule has 3 rings (SSSR count). The zero-order valence-electron chi connectivity index (χ0n) is 17.2. The van der Waals surface area contributed by atoms with Crippen molar-refractivity contribution in [3.63, 3.8) is 0 Å². The van der Waals surface area contributed by atoms with Crippen molar-refractivity contribution < 1.29 is 17.9 Å². The van der Waals surface area contributed by atoms with Crippen molar-refractivity contribution in [3.8, 4) is 0 Å². The maximum atomic E-state index is 12.4. The summed E-state index contributed by atoms with van der Waals surface area (Å²) in [5.74, 6) is -0.0827. The Morgan fingerprint density at radius 2 is 2.07 bits per heavy atom. The van der Waals surface area contributed by atoms with E-state index in [1.165, 1.54) is 21.2 Å². The van der Waals surface area contributed by atoms with Crippen LogP contribution in [0.2, 0.25) is 0 Å². The normalized spacial score (nSPS) is 17.9. The molecule has 0 unspecified atom stereocenters. The molecule has 2 aromatic rings. The average Bonchev–Trinajstić information content (AvgIpc) is 3.29. The summed E-state index contributed by atoms with van der Waals surface area (Å²) in [5, 5.41) is 4.66. The number of hydrogen-bond donors (Lipinski definition) is 1. The number of carbonyl (C=O) groups is 1. The number of ether oxygens (including phenoxy) is 1. The van der Waals surface area contributed by atoms with Gasteiger partial charge < -0.3 is 10.1 Å². The van der Waals surface area contributed by atoms with E-state index < -0.39 is 10.0 Å². The Kier molecular flexibility index (Phi) is 8.41. The van der Waals surface area contributed by atoms with Gasteiger partial charge in [-0.1, -0.05) is 36.4 Å². The minimum Gasteiger partial charge on any atom is -0.374 e. The molecule has 1 amide bonds. The molecule has 1 aliphatic rings.